The van der Waals surface area contributed by atoms with Gasteiger partial charge >= 0.3 is 12.2 Å². The topological polar surface area (TPSA) is 53.9 Å². The van der Waals surface area contributed by atoms with E-state index in [1.807, 2.05) is 0 Å². The Bertz CT molecular complexity index is 688. The molecular weight excluding hydrogens is 359 g/mol. The number of rotatable bonds is 7. The van der Waals surface area contributed by atoms with Crippen LogP contribution in [-0.4, -0.2) is 36.1 Å². The largest absolute Gasteiger partial charge is 0.416 e. The average Bonchev–Trinajstić information content (AvgIpc) is 2.76. The molecule has 0 aliphatic carbocycles. The number of amides is 3. The van der Waals surface area contributed by atoms with Crippen molar-refractivity contribution in [1.29, 1.82) is 0 Å². The van der Waals surface area contributed by atoms with Gasteiger partial charge in [-0.05, 0) is 37.8 Å². The Labute approximate surface area is 157 Å². The second kappa shape index (κ2) is 7.88. The second-order valence-electron chi connectivity index (χ2n) is 7.91. The van der Waals surface area contributed by atoms with Crippen LogP contribution in [0.5, 0.6) is 0 Å². The molecule has 27 heavy (non-hydrogen) atoms. The van der Waals surface area contributed by atoms with Crippen LogP contribution in [0.15, 0.2) is 24.3 Å². The molecule has 2 atom stereocenters. The van der Waals surface area contributed by atoms with Gasteiger partial charge in [0.2, 0.25) is 0 Å². The first-order chi connectivity index (χ1) is 12.4. The Kier molecular flexibility index (Phi) is 6.19. The van der Waals surface area contributed by atoms with Crippen LogP contribution in [0.3, 0.4) is 0 Å². The third kappa shape index (κ3) is 5.22. The highest BCUT2D eigenvalue weighted by molar-refractivity contribution is 6.06. The SMILES string of the molecule is CC(C)CC[C@@]1(C)NC(=O)N(C[NH+](C)Cc2ccc(C(F)(F)F)cc2)C1=O. The molecule has 1 aromatic carbocycles. The summed E-state index contributed by atoms with van der Waals surface area (Å²) in [4.78, 5) is 27.0. The number of benzene rings is 1. The van der Waals surface area contributed by atoms with Crippen LogP contribution in [-0.2, 0) is 17.5 Å². The Morgan fingerprint density at radius 3 is 2.30 bits per heavy atom. The predicted octanol–water partition coefficient (Wildman–Crippen LogP) is 2.42. The quantitative estimate of drug-likeness (QED) is 0.708. The van der Waals surface area contributed by atoms with Gasteiger partial charge in [-0.3, -0.25) is 4.79 Å². The standard InChI is InChI=1S/C19H26F3N3O2/c1-13(2)9-10-18(3)16(26)25(17(27)23-18)12-24(4)11-14-5-7-15(8-6-14)19(20,21)22/h5-8,13H,9-12H2,1-4H3,(H,23,27)/p+1/t18-/m1/s1. The summed E-state index contributed by atoms with van der Waals surface area (Å²) in [6.07, 6.45) is -2.97. The van der Waals surface area contributed by atoms with Gasteiger partial charge in [-0.2, -0.15) is 13.2 Å². The molecule has 3 amide bonds. The molecule has 1 fully saturated rings. The van der Waals surface area contributed by atoms with Gasteiger partial charge in [0.05, 0.1) is 12.6 Å². The van der Waals surface area contributed by atoms with E-state index in [-0.39, 0.29) is 12.6 Å². The van der Waals surface area contributed by atoms with Gasteiger partial charge in [0, 0.05) is 5.56 Å². The fourth-order valence-corrected chi connectivity index (χ4v) is 3.12. The maximum atomic E-state index is 12.7. The fraction of sp³-hybridized carbons (Fsp3) is 0.579. The number of halogens is 3. The summed E-state index contributed by atoms with van der Waals surface area (Å²) in [5.74, 6) is 0.175. The van der Waals surface area contributed by atoms with E-state index in [9.17, 15) is 22.8 Å². The van der Waals surface area contributed by atoms with Crippen molar-refractivity contribution in [3.05, 3.63) is 35.4 Å². The number of carbonyl (C=O) groups excluding carboxylic acids is 2. The van der Waals surface area contributed by atoms with Crippen molar-refractivity contribution in [2.75, 3.05) is 13.7 Å². The molecule has 2 rings (SSSR count). The van der Waals surface area contributed by atoms with Gasteiger partial charge in [0.1, 0.15) is 12.1 Å². The van der Waals surface area contributed by atoms with E-state index in [0.29, 0.717) is 24.4 Å². The summed E-state index contributed by atoms with van der Waals surface area (Å²) < 4.78 is 37.9. The van der Waals surface area contributed by atoms with Crippen LogP contribution in [0.25, 0.3) is 0 Å². The first-order valence-electron chi connectivity index (χ1n) is 9.04. The van der Waals surface area contributed by atoms with Gasteiger partial charge in [0.15, 0.2) is 6.67 Å². The molecule has 0 saturated carbocycles. The van der Waals surface area contributed by atoms with E-state index in [1.54, 1.807) is 14.0 Å². The van der Waals surface area contributed by atoms with Gasteiger partial charge in [-0.15, -0.1) is 0 Å². The lowest BCUT2D eigenvalue weighted by Crippen LogP contribution is -3.09. The number of nitrogens with one attached hydrogen (secondary N) is 2. The number of nitrogens with zero attached hydrogens (tertiary/aromatic N) is 1. The molecule has 1 unspecified atom stereocenters. The summed E-state index contributed by atoms with van der Waals surface area (Å²) in [6.45, 7) is 6.41. The molecule has 2 N–H and O–H groups in total. The summed E-state index contributed by atoms with van der Waals surface area (Å²) in [5, 5.41) is 2.78. The smallest absolute Gasteiger partial charge is 0.323 e. The van der Waals surface area contributed by atoms with Gasteiger partial charge in [-0.25, -0.2) is 9.69 Å². The number of urea groups is 1. The minimum absolute atomic E-state index is 0.156. The molecular formula is C19H27F3N3O2+. The molecule has 1 aromatic rings. The van der Waals surface area contributed by atoms with E-state index in [4.69, 9.17) is 0 Å². The van der Waals surface area contributed by atoms with Crippen LogP contribution in [0.1, 0.15) is 44.7 Å². The van der Waals surface area contributed by atoms with Crippen molar-refractivity contribution in [3.8, 4) is 0 Å². The lowest BCUT2D eigenvalue weighted by Gasteiger charge is -2.23. The Morgan fingerprint density at radius 2 is 1.78 bits per heavy atom. The zero-order valence-corrected chi connectivity index (χ0v) is 16.1. The second-order valence-corrected chi connectivity index (χ2v) is 7.91. The predicted molar refractivity (Wildman–Crippen MR) is 94.8 cm³/mol. The van der Waals surface area contributed by atoms with Crippen molar-refractivity contribution >= 4 is 11.9 Å². The normalized spacial score (nSPS) is 21.7. The van der Waals surface area contributed by atoms with E-state index in [0.717, 1.165) is 23.5 Å². The number of imide groups is 1. The molecule has 1 aliphatic rings. The fourth-order valence-electron chi connectivity index (χ4n) is 3.12. The van der Waals surface area contributed by atoms with Gasteiger partial charge < -0.3 is 10.2 Å². The number of quaternary nitrogens is 1. The van der Waals surface area contributed by atoms with E-state index in [2.05, 4.69) is 19.2 Å². The van der Waals surface area contributed by atoms with Crippen molar-refractivity contribution in [1.82, 2.24) is 10.2 Å². The maximum Gasteiger partial charge on any atom is 0.416 e. The average molecular weight is 386 g/mol. The summed E-state index contributed by atoms with van der Waals surface area (Å²) in [5.41, 5.74) is -0.884. The van der Waals surface area contributed by atoms with Crippen LogP contribution < -0.4 is 10.2 Å². The number of hydrogen-bond acceptors (Lipinski definition) is 2. The van der Waals surface area contributed by atoms with Gasteiger partial charge in [-0.1, -0.05) is 26.0 Å². The summed E-state index contributed by atoms with van der Waals surface area (Å²) >= 11 is 0. The first kappa shape index (κ1) is 21.2. The molecule has 0 aromatic heterocycles. The maximum absolute atomic E-state index is 12.7. The first-order valence-corrected chi connectivity index (χ1v) is 9.04. The van der Waals surface area contributed by atoms with Crippen LogP contribution >= 0.6 is 0 Å². The lowest BCUT2D eigenvalue weighted by molar-refractivity contribution is -0.901. The number of hydrogen-bond donors (Lipinski definition) is 2. The third-order valence-corrected chi connectivity index (χ3v) is 4.78. The van der Waals surface area contributed by atoms with Crippen molar-refractivity contribution in [2.24, 2.45) is 5.92 Å². The molecule has 0 bridgehead atoms. The number of alkyl halides is 3. The van der Waals surface area contributed by atoms with E-state index in [1.165, 1.54) is 17.0 Å². The van der Waals surface area contributed by atoms with Gasteiger partial charge in [0.25, 0.3) is 5.91 Å². The van der Waals surface area contributed by atoms with Crippen LogP contribution in [0, 0.1) is 5.92 Å². The summed E-state index contributed by atoms with van der Waals surface area (Å²) in [6, 6.07) is 4.51. The zero-order valence-electron chi connectivity index (χ0n) is 16.1. The van der Waals surface area contributed by atoms with Crippen molar-refractivity contribution in [2.45, 2.75) is 51.9 Å². The minimum atomic E-state index is -4.36. The Morgan fingerprint density at radius 1 is 1.19 bits per heavy atom. The Balaban J connectivity index is 1.98. The Hall–Kier alpha value is -2.09. The molecule has 1 saturated heterocycles. The summed E-state index contributed by atoms with van der Waals surface area (Å²) in [7, 11) is 1.79. The van der Waals surface area contributed by atoms with Crippen molar-refractivity contribution in [3.63, 3.8) is 0 Å². The minimum Gasteiger partial charge on any atom is -0.323 e. The molecule has 8 heteroatoms. The highest BCUT2D eigenvalue weighted by atomic mass is 19.4. The highest BCUT2D eigenvalue weighted by Crippen LogP contribution is 2.29. The zero-order chi connectivity index (χ0) is 20.4. The molecule has 150 valence electrons. The van der Waals surface area contributed by atoms with E-state index >= 15 is 0 Å². The lowest BCUT2D eigenvalue weighted by atomic mass is 9.92. The molecule has 1 aliphatic heterocycles. The monoisotopic (exact) mass is 386 g/mol. The molecule has 0 spiro atoms. The van der Waals surface area contributed by atoms with Crippen molar-refractivity contribution < 1.29 is 27.7 Å². The van der Waals surface area contributed by atoms with Crippen LogP contribution in [0.2, 0.25) is 0 Å². The molecule has 1 heterocycles. The third-order valence-electron chi connectivity index (χ3n) is 4.78. The highest BCUT2D eigenvalue weighted by Gasteiger charge is 2.48. The molecule has 0 radical (unpaired) electrons. The number of carbonyl (C=O) groups is 2. The molecule has 5 nitrogen and oxygen atoms in total. The van der Waals surface area contributed by atoms with E-state index < -0.39 is 23.3 Å². The van der Waals surface area contributed by atoms with Crippen LogP contribution in [0.4, 0.5) is 18.0 Å².